The van der Waals surface area contributed by atoms with Gasteiger partial charge < -0.3 is 15.4 Å². The molecular formula is C16H19ClFN3O. The number of rotatable bonds is 5. The molecule has 0 saturated carbocycles. The van der Waals surface area contributed by atoms with E-state index in [-0.39, 0.29) is 30.6 Å². The predicted octanol–water partition coefficient (Wildman–Crippen LogP) is 3.18. The van der Waals surface area contributed by atoms with Crippen molar-refractivity contribution in [3.05, 3.63) is 59.4 Å². The molecule has 2 rings (SSSR count). The van der Waals surface area contributed by atoms with E-state index in [0.29, 0.717) is 5.56 Å². The second-order valence-corrected chi connectivity index (χ2v) is 4.91. The molecule has 0 atom stereocenters. The molecule has 0 fully saturated rings. The minimum absolute atomic E-state index is 0. The minimum Gasteiger partial charge on any atom is -0.486 e. The number of nitrogens with two attached hydrogens (primary N) is 1. The van der Waals surface area contributed by atoms with Crippen LogP contribution in [0.5, 0.6) is 5.75 Å². The molecule has 118 valence electrons. The molecule has 2 aromatic carbocycles. The maximum atomic E-state index is 13.8. The van der Waals surface area contributed by atoms with E-state index in [0.717, 1.165) is 11.3 Å². The molecule has 0 aliphatic rings. The zero-order valence-corrected chi connectivity index (χ0v) is 13.3. The molecule has 0 aromatic heterocycles. The van der Waals surface area contributed by atoms with Gasteiger partial charge in [0.2, 0.25) is 0 Å². The molecule has 2 aromatic rings. The lowest BCUT2D eigenvalue weighted by Gasteiger charge is -2.14. The fourth-order valence-corrected chi connectivity index (χ4v) is 1.87. The standard InChI is InChI=1S/C16H18FN3O.ClH/c1-20(2)13-5-3-4-11(8-13)10-21-15-7-6-12(16(18)19)9-14(15)17;/h3-9H,10H2,1-2H3,(H3,18,19);1H. The summed E-state index contributed by atoms with van der Waals surface area (Å²) < 4.78 is 19.3. The van der Waals surface area contributed by atoms with Gasteiger partial charge in [-0.1, -0.05) is 12.1 Å². The van der Waals surface area contributed by atoms with Gasteiger partial charge in [-0.25, -0.2) is 4.39 Å². The Morgan fingerprint density at radius 1 is 1.23 bits per heavy atom. The smallest absolute Gasteiger partial charge is 0.165 e. The first-order chi connectivity index (χ1) is 9.97. The fourth-order valence-electron chi connectivity index (χ4n) is 1.87. The number of ether oxygens (including phenoxy) is 1. The van der Waals surface area contributed by atoms with Gasteiger partial charge in [0.15, 0.2) is 11.6 Å². The molecule has 0 heterocycles. The Balaban J connectivity index is 0.00000242. The normalized spacial score (nSPS) is 9.77. The molecule has 4 nitrogen and oxygen atoms in total. The van der Waals surface area contributed by atoms with Gasteiger partial charge in [0.25, 0.3) is 0 Å². The molecule has 0 aliphatic carbocycles. The number of nitrogens with one attached hydrogen (secondary N) is 1. The maximum absolute atomic E-state index is 13.8. The molecular weight excluding hydrogens is 305 g/mol. The summed E-state index contributed by atoms with van der Waals surface area (Å²) in [6, 6.07) is 12.1. The van der Waals surface area contributed by atoms with Gasteiger partial charge >= 0.3 is 0 Å². The average molecular weight is 324 g/mol. The number of nitrogen functional groups attached to an aromatic ring is 1. The second-order valence-electron chi connectivity index (χ2n) is 4.91. The van der Waals surface area contributed by atoms with Gasteiger partial charge in [-0.15, -0.1) is 12.4 Å². The van der Waals surface area contributed by atoms with Crippen LogP contribution in [0.4, 0.5) is 10.1 Å². The quantitative estimate of drug-likeness (QED) is 0.656. The second kappa shape index (κ2) is 7.66. The van der Waals surface area contributed by atoms with E-state index in [4.69, 9.17) is 15.9 Å². The molecule has 0 radical (unpaired) electrons. The molecule has 6 heteroatoms. The van der Waals surface area contributed by atoms with E-state index in [1.807, 2.05) is 43.3 Å². The summed E-state index contributed by atoms with van der Waals surface area (Å²) in [5.74, 6) is -0.541. The van der Waals surface area contributed by atoms with Crippen molar-refractivity contribution < 1.29 is 9.13 Å². The van der Waals surface area contributed by atoms with Crippen LogP contribution in [0, 0.1) is 11.2 Å². The summed E-state index contributed by atoms with van der Waals surface area (Å²) in [4.78, 5) is 1.99. The molecule has 0 saturated heterocycles. The number of halogens is 2. The van der Waals surface area contributed by atoms with E-state index in [1.165, 1.54) is 12.1 Å². The number of amidine groups is 1. The highest BCUT2D eigenvalue weighted by Crippen LogP contribution is 2.20. The number of hydrogen-bond acceptors (Lipinski definition) is 3. The van der Waals surface area contributed by atoms with E-state index in [1.54, 1.807) is 6.07 Å². The van der Waals surface area contributed by atoms with Crippen LogP contribution in [0.15, 0.2) is 42.5 Å². The minimum atomic E-state index is -0.522. The Morgan fingerprint density at radius 2 is 1.95 bits per heavy atom. The topological polar surface area (TPSA) is 62.3 Å². The van der Waals surface area contributed by atoms with E-state index < -0.39 is 5.82 Å². The summed E-state index contributed by atoms with van der Waals surface area (Å²) in [6.07, 6.45) is 0. The molecule has 0 amide bonds. The number of hydrogen-bond donors (Lipinski definition) is 2. The summed E-state index contributed by atoms with van der Waals surface area (Å²) in [7, 11) is 3.92. The molecule has 0 unspecified atom stereocenters. The average Bonchev–Trinajstić information content (AvgIpc) is 2.46. The van der Waals surface area contributed by atoms with Crippen molar-refractivity contribution >= 4 is 23.9 Å². The summed E-state index contributed by atoms with van der Waals surface area (Å²) >= 11 is 0. The Morgan fingerprint density at radius 3 is 2.55 bits per heavy atom. The van der Waals surface area contributed by atoms with Gasteiger partial charge in [-0.05, 0) is 35.9 Å². The monoisotopic (exact) mass is 323 g/mol. The van der Waals surface area contributed by atoms with Crippen LogP contribution >= 0.6 is 12.4 Å². The first-order valence-electron chi connectivity index (χ1n) is 6.50. The number of nitrogens with zero attached hydrogens (tertiary/aromatic N) is 1. The summed E-state index contributed by atoms with van der Waals surface area (Å²) in [5, 5.41) is 7.27. The predicted molar refractivity (Wildman–Crippen MR) is 89.8 cm³/mol. The lowest BCUT2D eigenvalue weighted by Crippen LogP contribution is -2.11. The third-order valence-corrected chi connectivity index (χ3v) is 3.06. The van der Waals surface area contributed by atoms with Crippen LogP contribution in [0.3, 0.4) is 0 Å². The number of anilines is 1. The molecule has 0 spiro atoms. The van der Waals surface area contributed by atoms with Gasteiger partial charge in [0.1, 0.15) is 12.4 Å². The zero-order valence-electron chi connectivity index (χ0n) is 12.5. The van der Waals surface area contributed by atoms with Crippen molar-refractivity contribution in [1.29, 1.82) is 5.41 Å². The molecule has 0 bridgehead atoms. The van der Waals surface area contributed by atoms with Crippen LogP contribution in [0.25, 0.3) is 0 Å². The number of benzene rings is 2. The molecule has 0 aliphatic heterocycles. The Kier molecular flexibility index (Phi) is 6.19. The summed E-state index contributed by atoms with van der Waals surface area (Å²) in [5.41, 5.74) is 7.67. The van der Waals surface area contributed by atoms with Crippen LogP contribution in [0.1, 0.15) is 11.1 Å². The lowest BCUT2D eigenvalue weighted by molar-refractivity contribution is 0.290. The zero-order chi connectivity index (χ0) is 15.4. The van der Waals surface area contributed by atoms with Crippen molar-refractivity contribution in [2.75, 3.05) is 19.0 Å². The highest BCUT2D eigenvalue weighted by Gasteiger charge is 2.07. The van der Waals surface area contributed by atoms with Crippen LogP contribution in [-0.4, -0.2) is 19.9 Å². The van der Waals surface area contributed by atoms with Gasteiger partial charge in [0.05, 0.1) is 0 Å². The van der Waals surface area contributed by atoms with Crippen molar-refractivity contribution in [2.45, 2.75) is 6.61 Å². The highest BCUT2D eigenvalue weighted by molar-refractivity contribution is 5.95. The van der Waals surface area contributed by atoms with Crippen molar-refractivity contribution in [3.63, 3.8) is 0 Å². The van der Waals surface area contributed by atoms with Crippen molar-refractivity contribution in [3.8, 4) is 5.75 Å². The van der Waals surface area contributed by atoms with Crippen LogP contribution in [0.2, 0.25) is 0 Å². The van der Waals surface area contributed by atoms with Crippen molar-refractivity contribution in [2.24, 2.45) is 5.73 Å². The largest absolute Gasteiger partial charge is 0.486 e. The molecule has 3 N–H and O–H groups in total. The van der Waals surface area contributed by atoms with Crippen molar-refractivity contribution in [1.82, 2.24) is 0 Å². The fraction of sp³-hybridized carbons (Fsp3) is 0.188. The SMILES string of the molecule is CN(C)c1cccc(COc2ccc(C(=N)N)cc2F)c1.Cl. The highest BCUT2D eigenvalue weighted by atomic mass is 35.5. The maximum Gasteiger partial charge on any atom is 0.165 e. The first-order valence-corrected chi connectivity index (χ1v) is 6.50. The van der Waals surface area contributed by atoms with Gasteiger partial charge in [0, 0.05) is 25.3 Å². The van der Waals surface area contributed by atoms with E-state index in [9.17, 15) is 4.39 Å². The first kappa shape index (κ1) is 17.8. The third-order valence-electron chi connectivity index (χ3n) is 3.06. The van der Waals surface area contributed by atoms with Crippen LogP contribution in [-0.2, 0) is 6.61 Å². The summed E-state index contributed by atoms with van der Waals surface area (Å²) in [6.45, 7) is 0.276. The Labute approximate surface area is 135 Å². The van der Waals surface area contributed by atoms with Gasteiger partial charge in [-0.2, -0.15) is 0 Å². The Bertz CT molecular complexity index is 662. The Hall–Kier alpha value is -2.27. The van der Waals surface area contributed by atoms with E-state index >= 15 is 0 Å². The van der Waals surface area contributed by atoms with Crippen LogP contribution < -0.4 is 15.4 Å². The van der Waals surface area contributed by atoms with E-state index in [2.05, 4.69) is 0 Å². The van der Waals surface area contributed by atoms with Gasteiger partial charge in [-0.3, -0.25) is 5.41 Å². The third kappa shape index (κ3) is 4.36. The molecule has 22 heavy (non-hydrogen) atoms. The lowest BCUT2D eigenvalue weighted by atomic mass is 10.2.